The molecule has 0 bridgehead atoms. The van der Waals surface area contributed by atoms with Crippen LogP contribution in [0.15, 0.2) is 58.4 Å². The van der Waals surface area contributed by atoms with Gasteiger partial charge in [-0.3, -0.25) is 0 Å². The first-order valence-electron chi connectivity index (χ1n) is 9.94. The number of benzene rings is 3. The largest absolute Gasteiger partial charge is 0.324 e. The number of fused-ring (bicyclic) bond motifs is 1. The second-order valence-corrected chi connectivity index (χ2v) is 9.65. The predicted octanol–water partition coefficient (Wildman–Crippen LogP) is 5.48. The highest BCUT2D eigenvalue weighted by molar-refractivity contribution is 7.90. The van der Waals surface area contributed by atoms with E-state index in [0.29, 0.717) is 16.7 Å². The zero-order valence-electron chi connectivity index (χ0n) is 17.6. The van der Waals surface area contributed by atoms with Crippen molar-refractivity contribution in [2.45, 2.75) is 31.2 Å². The van der Waals surface area contributed by atoms with Gasteiger partial charge in [-0.1, -0.05) is 42.8 Å². The van der Waals surface area contributed by atoms with Gasteiger partial charge in [-0.25, -0.2) is 31.3 Å². The fraction of sp³-hybridized carbons (Fsp3) is 0.174. The van der Waals surface area contributed by atoms with Gasteiger partial charge >= 0.3 is 0 Å². The van der Waals surface area contributed by atoms with Gasteiger partial charge in [0.1, 0.15) is 22.3 Å². The van der Waals surface area contributed by atoms with Crippen LogP contribution in [0.2, 0.25) is 5.02 Å². The molecule has 1 atom stereocenters. The summed E-state index contributed by atoms with van der Waals surface area (Å²) in [5.74, 6) is -2.68. The van der Waals surface area contributed by atoms with Crippen molar-refractivity contribution in [3.63, 3.8) is 0 Å². The van der Waals surface area contributed by atoms with Crippen LogP contribution >= 0.6 is 11.6 Å². The number of guanidine groups is 1. The number of rotatable bonds is 4. The first-order chi connectivity index (χ1) is 15.6. The molecule has 3 aromatic rings. The van der Waals surface area contributed by atoms with E-state index in [-0.39, 0.29) is 33.7 Å². The minimum atomic E-state index is -4.08. The predicted molar refractivity (Wildman–Crippen MR) is 122 cm³/mol. The Balaban J connectivity index is 1.79. The molecule has 10 heteroatoms. The van der Waals surface area contributed by atoms with Crippen molar-refractivity contribution in [1.82, 2.24) is 4.72 Å². The third-order valence-corrected chi connectivity index (χ3v) is 7.37. The van der Waals surface area contributed by atoms with Crippen LogP contribution in [-0.4, -0.2) is 14.4 Å². The monoisotopic (exact) mass is 493 g/mol. The molecule has 3 aromatic carbocycles. The zero-order chi connectivity index (χ0) is 23.9. The second kappa shape index (κ2) is 8.72. The van der Waals surface area contributed by atoms with Crippen LogP contribution < -0.4 is 10.0 Å². The molecule has 0 fully saturated rings. The highest BCUT2D eigenvalue weighted by Gasteiger charge is 2.32. The van der Waals surface area contributed by atoms with E-state index in [1.807, 2.05) is 0 Å². The molecule has 2 N–H and O–H groups in total. The summed E-state index contributed by atoms with van der Waals surface area (Å²) in [5.41, 5.74) is 1.24. The Kier molecular flexibility index (Phi) is 6.11. The lowest BCUT2D eigenvalue weighted by Gasteiger charge is -2.27. The molecular formula is C23H19ClF3N3O2S. The summed E-state index contributed by atoms with van der Waals surface area (Å²) in [4.78, 5) is 4.04. The lowest BCUT2D eigenvalue weighted by atomic mass is 9.91. The van der Waals surface area contributed by atoms with Gasteiger partial charge in [0.2, 0.25) is 5.96 Å². The molecule has 0 aromatic heterocycles. The Morgan fingerprint density at radius 2 is 1.70 bits per heavy atom. The Labute approximate surface area is 194 Å². The average Bonchev–Trinajstić information content (AvgIpc) is 2.75. The summed E-state index contributed by atoms with van der Waals surface area (Å²) in [5, 5.41) is 2.67. The highest BCUT2D eigenvalue weighted by Crippen LogP contribution is 2.40. The van der Waals surface area contributed by atoms with E-state index in [1.54, 1.807) is 26.0 Å². The van der Waals surface area contributed by atoms with Crippen LogP contribution in [0.25, 0.3) is 0 Å². The van der Waals surface area contributed by atoms with Crippen molar-refractivity contribution in [3.05, 3.63) is 93.3 Å². The van der Waals surface area contributed by atoms with E-state index >= 15 is 0 Å². The second-order valence-electron chi connectivity index (χ2n) is 7.62. The van der Waals surface area contributed by atoms with Gasteiger partial charge in [-0.05, 0) is 47.9 Å². The molecule has 0 aliphatic carbocycles. The van der Waals surface area contributed by atoms with Gasteiger partial charge in [-0.15, -0.1) is 0 Å². The number of sulfonamides is 1. The number of aliphatic imine (C=N–C) groups is 1. The van der Waals surface area contributed by atoms with Gasteiger partial charge in [0, 0.05) is 11.5 Å². The summed E-state index contributed by atoms with van der Waals surface area (Å²) in [6.07, 6.45) is 0. The summed E-state index contributed by atoms with van der Waals surface area (Å²) < 4.78 is 70.9. The Bertz CT molecular complexity index is 1390. The third-order valence-electron chi connectivity index (χ3n) is 5.59. The summed E-state index contributed by atoms with van der Waals surface area (Å²) in [6.45, 7) is 3.18. The fourth-order valence-electron chi connectivity index (χ4n) is 3.75. The topological polar surface area (TPSA) is 70.6 Å². The standard InChI is InChI=1S/C23H19ClF3N3O2S/c1-12-14(5-3-7-16(12)25)11-28-23-29-22-19(33(31,32)30-23)10-9-17(26)20(22)13(2)15-6-4-8-18(27)21(15)24/h3-10,13H,11H2,1-2H3,(H2,28,29,30)/t13-/m0/s1. The van der Waals surface area contributed by atoms with Crippen molar-refractivity contribution in [3.8, 4) is 0 Å². The van der Waals surface area contributed by atoms with Crippen molar-refractivity contribution in [2.24, 2.45) is 4.99 Å². The molecule has 0 amide bonds. The van der Waals surface area contributed by atoms with Crippen LogP contribution in [0.3, 0.4) is 0 Å². The van der Waals surface area contributed by atoms with Crippen molar-refractivity contribution < 1.29 is 21.6 Å². The van der Waals surface area contributed by atoms with Crippen molar-refractivity contribution in [1.29, 1.82) is 0 Å². The Morgan fingerprint density at radius 3 is 2.45 bits per heavy atom. The summed E-state index contributed by atoms with van der Waals surface area (Å²) in [7, 11) is -4.08. The summed E-state index contributed by atoms with van der Waals surface area (Å²) in [6, 6.07) is 10.9. The van der Waals surface area contributed by atoms with E-state index in [2.05, 4.69) is 15.0 Å². The SMILES string of the molecule is Cc1c(F)cccc1CN=C1Nc2c(ccc(F)c2[C@@H](C)c2cccc(F)c2Cl)S(=O)(=O)N1. The van der Waals surface area contributed by atoms with E-state index in [9.17, 15) is 21.6 Å². The van der Waals surface area contributed by atoms with E-state index in [4.69, 9.17) is 11.6 Å². The van der Waals surface area contributed by atoms with Crippen LogP contribution in [0.1, 0.15) is 35.1 Å². The van der Waals surface area contributed by atoms with Crippen LogP contribution in [0, 0.1) is 24.4 Å². The molecule has 1 aliphatic rings. The molecule has 1 heterocycles. The molecule has 0 saturated heterocycles. The summed E-state index contributed by atoms with van der Waals surface area (Å²) >= 11 is 6.10. The van der Waals surface area contributed by atoms with Gasteiger partial charge in [0.25, 0.3) is 10.0 Å². The van der Waals surface area contributed by atoms with Gasteiger partial charge in [0.15, 0.2) is 0 Å². The van der Waals surface area contributed by atoms with Crippen LogP contribution in [0.5, 0.6) is 0 Å². The first kappa shape index (κ1) is 23.1. The number of nitrogens with zero attached hydrogens (tertiary/aromatic N) is 1. The lowest BCUT2D eigenvalue weighted by Crippen LogP contribution is -2.41. The molecule has 0 radical (unpaired) electrons. The molecule has 33 heavy (non-hydrogen) atoms. The molecule has 0 saturated carbocycles. The smallest absolute Gasteiger partial charge is 0.266 e. The molecular weight excluding hydrogens is 475 g/mol. The molecule has 4 rings (SSSR count). The maximum atomic E-state index is 15.0. The van der Waals surface area contributed by atoms with E-state index in [1.165, 1.54) is 24.3 Å². The van der Waals surface area contributed by atoms with Gasteiger partial charge < -0.3 is 5.32 Å². The van der Waals surface area contributed by atoms with Gasteiger partial charge in [-0.2, -0.15) is 0 Å². The molecule has 0 spiro atoms. The molecule has 5 nitrogen and oxygen atoms in total. The minimum Gasteiger partial charge on any atom is -0.324 e. The number of hydrogen-bond acceptors (Lipinski definition) is 3. The average molecular weight is 494 g/mol. The molecule has 1 aliphatic heterocycles. The van der Waals surface area contributed by atoms with E-state index < -0.39 is 33.4 Å². The molecule has 0 unspecified atom stereocenters. The minimum absolute atomic E-state index is 0.000267. The first-order valence-corrected chi connectivity index (χ1v) is 11.8. The Morgan fingerprint density at radius 1 is 1.00 bits per heavy atom. The number of anilines is 1. The zero-order valence-corrected chi connectivity index (χ0v) is 19.2. The van der Waals surface area contributed by atoms with Gasteiger partial charge in [0.05, 0.1) is 17.3 Å². The van der Waals surface area contributed by atoms with E-state index in [0.717, 1.165) is 12.1 Å². The Hall–Kier alpha value is -3.04. The van der Waals surface area contributed by atoms with Crippen LogP contribution in [0.4, 0.5) is 18.9 Å². The van der Waals surface area contributed by atoms with Crippen molar-refractivity contribution >= 4 is 33.3 Å². The third kappa shape index (κ3) is 4.30. The van der Waals surface area contributed by atoms with Crippen LogP contribution in [-0.2, 0) is 16.6 Å². The normalized spacial score (nSPS) is 16.6. The number of nitrogens with one attached hydrogen (secondary N) is 2. The fourth-order valence-corrected chi connectivity index (χ4v) is 5.19. The quantitative estimate of drug-likeness (QED) is 0.506. The maximum Gasteiger partial charge on any atom is 0.266 e. The number of hydrogen-bond donors (Lipinski definition) is 2. The van der Waals surface area contributed by atoms with Crippen molar-refractivity contribution in [2.75, 3.05) is 5.32 Å². The maximum absolute atomic E-state index is 15.0. The molecule has 172 valence electrons. The number of halogens is 4. The lowest BCUT2D eigenvalue weighted by molar-refractivity contribution is 0.585. The highest BCUT2D eigenvalue weighted by atomic mass is 35.5.